The second-order valence-electron chi connectivity index (χ2n) is 13.2. The first-order valence-electron chi connectivity index (χ1n) is 17.5. The van der Waals surface area contributed by atoms with Crippen molar-refractivity contribution in [3.63, 3.8) is 0 Å². The molecule has 0 saturated carbocycles. The van der Waals surface area contributed by atoms with Crippen LogP contribution in [0.25, 0.3) is 17.1 Å². The van der Waals surface area contributed by atoms with Crippen LogP contribution in [0.2, 0.25) is 5.02 Å². The molecule has 290 valence electrons. The fourth-order valence-electron chi connectivity index (χ4n) is 6.07. The van der Waals surface area contributed by atoms with Gasteiger partial charge in [-0.3, -0.25) is 14.4 Å². The fourth-order valence-corrected chi connectivity index (χ4v) is 6.33. The molecule has 0 spiro atoms. The number of amides is 3. The lowest BCUT2D eigenvalue weighted by Crippen LogP contribution is -3.05. The summed E-state index contributed by atoms with van der Waals surface area (Å²) in [5.74, 6) is -0.620. The molecule has 0 aliphatic carbocycles. The van der Waals surface area contributed by atoms with E-state index in [2.05, 4.69) is 34.5 Å². The lowest BCUT2D eigenvalue weighted by atomic mass is 10.00. The largest absolute Gasteiger partial charge is 0.490 e. The number of alkyl halides is 3. The zero-order valence-corrected chi connectivity index (χ0v) is 31.5. The van der Waals surface area contributed by atoms with Gasteiger partial charge in [-0.25, -0.2) is 14.6 Å². The van der Waals surface area contributed by atoms with Crippen LogP contribution in [0.1, 0.15) is 46.4 Å². The number of hydrogen-bond donors (Lipinski definition) is 2. The molecular formula is C36H44ClF3N9O5+. The molecule has 1 atom stereocenters. The molecule has 1 aliphatic heterocycles. The average molecular weight is 775 g/mol. The number of hydrogen-bond acceptors (Lipinski definition) is 8. The summed E-state index contributed by atoms with van der Waals surface area (Å²) in [5, 5.41) is 6.51. The van der Waals surface area contributed by atoms with E-state index in [0.29, 0.717) is 38.5 Å². The van der Waals surface area contributed by atoms with Crippen molar-refractivity contribution in [3.8, 4) is 22.8 Å². The molecule has 1 aromatic carbocycles. The SMILES string of the molecule is CCC(CC[NH+](C)C)C(=O)N1CCN(C(=O)c2ccc(NC(=O)c3ncc(-c4cn(-c5ccc(OCCOC)cn5)nc4C(F)(F)F)n3C)cc2Cl)CC1. The predicted octanol–water partition coefficient (Wildman–Crippen LogP) is 3.46. The van der Waals surface area contributed by atoms with Crippen LogP contribution in [0.3, 0.4) is 0 Å². The summed E-state index contributed by atoms with van der Waals surface area (Å²) in [4.78, 5) is 52.8. The number of pyridine rings is 1. The standard InChI is InChI=1S/C36H43ClF3N9O5/c1-6-23(11-12-45(2)3)34(51)47-13-15-48(16-14-47)35(52)26-9-7-24(19-28(26)37)43-33(50)32-42-21-29(46(32)4)27-22-49(44-31(27)36(38,39)40)30-10-8-25(20-41-30)54-18-17-53-5/h7-10,19-23H,6,11-18H2,1-5H3,(H,43,50)/p+1. The van der Waals surface area contributed by atoms with Gasteiger partial charge >= 0.3 is 6.18 Å². The first kappa shape index (κ1) is 40.2. The van der Waals surface area contributed by atoms with Gasteiger partial charge in [0.05, 0.1) is 61.5 Å². The van der Waals surface area contributed by atoms with Crippen molar-refractivity contribution in [1.29, 1.82) is 0 Å². The molecule has 1 unspecified atom stereocenters. The highest BCUT2D eigenvalue weighted by molar-refractivity contribution is 6.34. The van der Waals surface area contributed by atoms with Crippen molar-refractivity contribution in [1.82, 2.24) is 34.1 Å². The smallest absolute Gasteiger partial charge is 0.435 e. The number of imidazole rings is 1. The van der Waals surface area contributed by atoms with Crippen LogP contribution < -0.4 is 15.0 Å². The summed E-state index contributed by atoms with van der Waals surface area (Å²) in [6.45, 7) is 5.11. The molecule has 4 heterocycles. The number of aromatic nitrogens is 5. The molecule has 0 bridgehead atoms. The number of benzene rings is 1. The number of carbonyl (C=O) groups excluding carboxylic acids is 3. The van der Waals surface area contributed by atoms with Crippen LogP contribution in [0, 0.1) is 5.92 Å². The Morgan fingerprint density at radius 2 is 1.74 bits per heavy atom. The molecule has 1 aliphatic rings. The second-order valence-corrected chi connectivity index (χ2v) is 13.6. The number of methoxy groups -OCH3 is 1. The zero-order chi connectivity index (χ0) is 39.2. The van der Waals surface area contributed by atoms with Gasteiger partial charge in [-0.1, -0.05) is 18.5 Å². The molecule has 3 aromatic heterocycles. The van der Waals surface area contributed by atoms with Gasteiger partial charge in [0.25, 0.3) is 11.8 Å². The van der Waals surface area contributed by atoms with Crippen LogP contribution in [0.15, 0.2) is 48.9 Å². The van der Waals surface area contributed by atoms with Gasteiger partial charge in [0.1, 0.15) is 12.4 Å². The lowest BCUT2D eigenvalue weighted by Gasteiger charge is -2.36. The summed E-state index contributed by atoms with van der Waals surface area (Å²) in [7, 11) is 7.06. The fraction of sp³-hybridized carbons (Fsp3) is 0.444. The van der Waals surface area contributed by atoms with Crippen molar-refractivity contribution in [2.45, 2.75) is 25.9 Å². The van der Waals surface area contributed by atoms with Crippen LogP contribution in [-0.2, 0) is 22.8 Å². The second kappa shape index (κ2) is 17.4. The van der Waals surface area contributed by atoms with E-state index >= 15 is 0 Å². The summed E-state index contributed by atoms with van der Waals surface area (Å²) in [6, 6.07) is 7.43. The molecular weight excluding hydrogens is 731 g/mol. The minimum absolute atomic E-state index is 0.0150. The first-order chi connectivity index (χ1) is 25.7. The van der Waals surface area contributed by atoms with E-state index in [9.17, 15) is 27.6 Å². The van der Waals surface area contributed by atoms with Crippen molar-refractivity contribution in [2.75, 3.05) is 72.5 Å². The number of piperazine rings is 1. The topological polar surface area (TPSA) is 141 Å². The van der Waals surface area contributed by atoms with Crippen LogP contribution in [0.4, 0.5) is 18.9 Å². The van der Waals surface area contributed by atoms with Gasteiger partial charge in [-0.05, 0) is 36.8 Å². The van der Waals surface area contributed by atoms with E-state index in [1.54, 1.807) is 11.0 Å². The molecule has 18 heteroatoms. The Labute approximate surface area is 315 Å². The molecule has 4 aromatic rings. The quantitative estimate of drug-likeness (QED) is 0.186. The molecule has 0 radical (unpaired) electrons. The number of nitrogens with zero attached hydrogens (tertiary/aromatic N) is 7. The Kier molecular flexibility index (Phi) is 13.0. The van der Waals surface area contributed by atoms with Crippen molar-refractivity contribution in [2.24, 2.45) is 13.0 Å². The van der Waals surface area contributed by atoms with E-state index in [-0.39, 0.29) is 63.5 Å². The highest BCUT2D eigenvalue weighted by Gasteiger charge is 2.39. The molecule has 1 saturated heterocycles. The molecule has 54 heavy (non-hydrogen) atoms. The normalized spacial score (nSPS) is 14.0. The first-order valence-corrected chi connectivity index (χ1v) is 17.8. The Balaban J connectivity index is 1.25. The van der Waals surface area contributed by atoms with Crippen molar-refractivity contribution < 1.29 is 41.9 Å². The maximum absolute atomic E-state index is 14.2. The number of halogens is 4. The van der Waals surface area contributed by atoms with Gasteiger partial charge in [-0.2, -0.15) is 18.3 Å². The average Bonchev–Trinajstić information content (AvgIpc) is 3.76. The third-order valence-electron chi connectivity index (χ3n) is 9.13. The molecule has 3 amide bonds. The third-order valence-corrected chi connectivity index (χ3v) is 9.45. The van der Waals surface area contributed by atoms with Crippen molar-refractivity contribution in [3.05, 3.63) is 71.0 Å². The van der Waals surface area contributed by atoms with Crippen LogP contribution >= 0.6 is 11.6 Å². The van der Waals surface area contributed by atoms with Gasteiger partial charge in [0.2, 0.25) is 5.91 Å². The minimum atomic E-state index is -4.83. The molecule has 2 N–H and O–H groups in total. The molecule has 5 rings (SSSR count). The molecule has 1 fully saturated rings. The van der Waals surface area contributed by atoms with Gasteiger partial charge in [-0.15, -0.1) is 0 Å². The minimum Gasteiger partial charge on any atom is -0.490 e. The number of carbonyl (C=O) groups is 3. The van der Waals surface area contributed by atoms with E-state index < -0.39 is 17.8 Å². The Morgan fingerprint density at radius 1 is 1.02 bits per heavy atom. The lowest BCUT2D eigenvalue weighted by molar-refractivity contribution is -0.858. The van der Waals surface area contributed by atoms with Crippen LogP contribution in [-0.4, -0.2) is 119 Å². The van der Waals surface area contributed by atoms with Gasteiger partial charge in [0, 0.05) is 64.6 Å². The third kappa shape index (κ3) is 9.37. The van der Waals surface area contributed by atoms with E-state index in [0.717, 1.165) is 36.5 Å². The number of anilines is 1. The number of quaternary nitrogens is 1. The molecule has 14 nitrogen and oxygen atoms in total. The maximum atomic E-state index is 14.2. The van der Waals surface area contributed by atoms with Crippen LogP contribution in [0.5, 0.6) is 5.75 Å². The predicted molar refractivity (Wildman–Crippen MR) is 194 cm³/mol. The monoisotopic (exact) mass is 774 g/mol. The van der Waals surface area contributed by atoms with E-state index in [1.807, 2.05) is 11.8 Å². The summed E-state index contributed by atoms with van der Waals surface area (Å²) >= 11 is 6.52. The Hall–Kier alpha value is -5.00. The summed E-state index contributed by atoms with van der Waals surface area (Å²) < 4.78 is 55.2. The Bertz CT molecular complexity index is 1940. The number of ether oxygens (including phenoxy) is 2. The maximum Gasteiger partial charge on any atom is 0.435 e. The summed E-state index contributed by atoms with van der Waals surface area (Å²) in [6.07, 6.45) is 0.418. The zero-order valence-electron chi connectivity index (χ0n) is 30.7. The van der Waals surface area contributed by atoms with Gasteiger partial charge in [0.15, 0.2) is 17.3 Å². The highest BCUT2D eigenvalue weighted by atomic mass is 35.5. The summed E-state index contributed by atoms with van der Waals surface area (Å²) in [5.41, 5.74) is -1.04. The van der Waals surface area contributed by atoms with E-state index in [4.69, 9.17) is 21.1 Å². The van der Waals surface area contributed by atoms with Crippen molar-refractivity contribution >= 4 is 35.0 Å². The Morgan fingerprint density at radius 3 is 2.35 bits per heavy atom. The highest BCUT2D eigenvalue weighted by Crippen LogP contribution is 2.37. The van der Waals surface area contributed by atoms with Gasteiger partial charge < -0.3 is 34.1 Å². The van der Waals surface area contributed by atoms with E-state index in [1.165, 1.54) is 54.1 Å². The number of nitrogens with one attached hydrogen (secondary N) is 2. The number of rotatable bonds is 14.